The van der Waals surface area contributed by atoms with Crippen LogP contribution in [0.25, 0.3) is 5.69 Å². The van der Waals surface area contributed by atoms with Gasteiger partial charge < -0.3 is 10.2 Å². The number of carbonyl (C=O) groups excluding carboxylic acids is 2. The van der Waals surface area contributed by atoms with Gasteiger partial charge in [0.05, 0.1) is 29.7 Å². The second-order valence-electron chi connectivity index (χ2n) is 6.61. The van der Waals surface area contributed by atoms with Crippen LogP contribution in [0, 0.1) is 6.92 Å². The first kappa shape index (κ1) is 19.4. The van der Waals surface area contributed by atoms with E-state index in [9.17, 15) is 9.59 Å². The predicted molar refractivity (Wildman–Crippen MR) is 110 cm³/mol. The Hall–Kier alpha value is -3.41. The fourth-order valence-electron chi connectivity index (χ4n) is 3.08. The Morgan fingerprint density at radius 3 is 2.46 bits per heavy atom. The lowest BCUT2D eigenvalue weighted by Gasteiger charge is -2.17. The summed E-state index contributed by atoms with van der Waals surface area (Å²) in [5.74, 6) is -0.469. The standard InChI is InChI=1S/C22H24N4O2/c1-4-17-10-8-9-13-20(17)24-21(27)15-25(3)22(28)19-14-23-26(16(19)2)18-11-6-5-7-12-18/h5-14H,4,15H2,1-3H3,(H,24,27). The second-order valence-corrected chi connectivity index (χ2v) is 6.61. The molecule has 1 N–H and O–H groups in total. The molecule has 6 heteroatoms. The summed E-state index contributed by atoms with van der Waals surface area (Å²) in [4.78, 5) is 26.6. The Labute approximate surface area is 164 Å². The Morgan fingerprint density at radius 2 is 1.75 bits per heavy atom. The normalized spacial score (nSPS) is 10.5. The zero-order chi connectivity index (χ0) is 20.1. The first-order valence-corrected chi connectivity index (χ1v) is 9.24. The van der Waals surface area contributed by atoms with E-state index in [2.05, 4.69) is 10.4 Å². The molecule has 3 aromatic rings. The molecular weight excluding hydrogens is 352 g/mol. The molecule has 0 atom stereocenters. The summed E-state index contributed by atoms with van der Waals surface area (Å²) in [7, 11) is 1.62. The predicted octanol–water partition coefficient (Wildman–Crippen LogP) is 3.45. The average Bonchev–Trinajstić information content (AvgIpc) is 3.09. The van der Waals surface area contributed by atoms with Crippen LogP contribution in [0.15, 0.2) is 60.8 Å². The van der Waals surface area contributed by atoms with Crippen molar-refractivity contribution in [3.8, 4) is 5.69 Å². The van der Waals surface area contributed by atoms with Gasteiger partial charge in [-0.2, -0.15) is 5.10 Å². The van der Waals surface area contributed by atoms with Crippen molar-refractivity contribution in [2.75, 3.05) is 18.9 Å². The first-order chi connectivity index (χ1) is 13.5. The highest BCUT2D eigenvalue weighted by molar-refractivity contribution is 6.00. The number of hydrogen-bond acceptors (Lipinski definition) is 3. The molecule has 0 saturated heterocycles. The Balaban J connectivity index is 1.69. The van der Waals surface area contributed by atoms with Crippen molar-refractivity contribution >= 4 is 17.5 Å². The number of anilines is 1. The van der Waals surface area contributed by atoms with Crippen molar-refractivity contribution in [3.63, 3.8) is 0 Å². The monoisotopic (exact) mass is 376 g/mol. The van der Waals surface area contributed by atoms with Crippen molar-refractivity contribution < 1.29 is 9.59 Å². The first-order valence-electron chi connectivity index (χ1n) is 9.24. The third kappa shape index (κ3) is 4.11. The smallest absolute Gasteiger partial charge is 0.257 e. The molecule has 2 amide bonds. The molecule has 1 aromatic heterocycles. The van der Waals surface area contributed by atoms with Gasteiger partial charge in [0.2, 0.25) is 5.91 Å². The number of aryl methyl sites for hydroxylation is 1. The molecule has 0 fully saturated rings. The van der Waals surface area contributed by atoms with Gasteiger partial charge in [-0.25, -0.2) is 4.68 Å². The van der Waals surface area contributed by atoms with Crippen molar-refractivity contribution in [2.45, 2.75) is 20.3 Å². The molecular formula is C22H24N4O2. The summed E-state index contributed by atoms with van der Waals surface area (Å²) in [5, 5.41) is 7.22. The molecule has 0 aliphatic carbocycles. The highest BCUT2D eigenvalue weighted by atomic mass is 16.2. The van der Waals surface area contributed by atoms with E-state index >= 15 is 0 Å². The van der Waals surface area contributed by atoms with E-state index in [-0.39, 0.29) is 18.4 Å². The van der Waals surface area contributed by atoms with Crippen molar-refractivity contribution in [3.05, 3.63) is 77.6 Å². The molecule has 6 nitrogen and oxygen atoms in total. The van der Waals surface area contributed by atoms with Gasteiger partial charge in [-0.3, -0.25) is 9.59 Å². The van der Waals surface area contributed by atoms with Crippen molar-refractivity contribution in [1.29, 1.82) is 0 Å². The van der Waals surface area contributed by atoms with E-state index in [1.807, 2.05) is 68.4 Å². The number of rotatable bonds is 6. The van der Waals surface area contributed by atoms with Gasteiger partial charge in [0.25, 0.3) is 5.91 Å². The van der Waals surface area contributed by atoms with Crippen LogP contribution >= 0.6 is 0 Å². The van der Waals surface area contributed by atoms with Gasteiger partial charge in [0.15, 0.2) is 0 Å². The van der Waals surface area contributed by atoms with Crippen LogP contribution in [0.4, 0.5) is 5.69 Å². The maximum atomic E-state index is 12.8. The largest absolute Gasteiger partial charge is 0.332 e. The number of para-hydroxylation sites is 2. The minimum absolute atomic E-state index is 0.0349. The SMILES string of the molecule is CCc1ccccc1NC(=O)CN(C)C(=O)c1cnn(-c2ccccc2)c1C. The number of nitrogens with one attached hydrogen (secondary N) is 1. The number of likely N-dealkylation sites (N-methyl/N-ethyl adjacent to an activating group) is 1. The maximum Gasteiger partial charge on any atom is 0.257 e. The maximum absolute atomic E-state index is 12.8. The summed E-state index contributed by atoms with van der Waals surface area (Å²) in [6.45, 7) is 3.85. The van der Waals surface area contributed by atoms with Gasteiger partial charge in [0, 0.05) is 12.7 Å². The van der Waals surface area contributed by atoms with Gasteiger partial charge in [0.1, 0.15) is 0 Å². The van der Waals surface area contributed by atoms with Crippen LogP contribution in [0.1, 0.15) is 28.5 Å². The number of nitrogens with zero attached hydrogens (tertiary/aromatic N) is 3. The van der Waals surface area contributed by atoms with Crippen LogP contribution in [-0.2, 0) is 11.2 Å². The molecule has 28 heavy (non-hydrogen) atoms. The molecule has 0 radical (unpaired) electrons. The third-order valence-electron chi connectivity index (χ3n) is 4.64. The molecule has 0 spiro atoms. The molecule has 1 heterocycles. The van der Waals surface area contributed by atoms with Crippen LogP contribution < -0.4 is 5.32 Å². The third-order valence-corrected chi connectivity index (χ3v) is 4.64. The summed E-state index contributed by atoms with van der Waals surface area (Å²) >= 11 is 0. The molecule has 0 saturated carbocycles. The van der Waals surface area contributed by atoms with Gasteiger partial charge in [-0.15, -0.1) is 0 Å². The molecule has 0 bridgehead atoms. The molecule has 3 rings (SSSR count). The number of carbonyl (C=O) groups is 2. The van der Waals surface area contributed by atoms with E-state index in [4.69, 9.17) is 0 Å². The zero-order valence-electron chi connectivity index (χ0n) is 16.3. The summed E-state index contributed by atoms with van der Waals surface area (Å²) < 4.78 is 1.72. The minimum Gasteiger partial charge on any atom is -0.332 e. The summed E-state index contributed by atoms with van der Waals surface area (Å²) in [6, 6.07) is 17.3. The molecule has 0 aliphatic rings. The minimum atomic E-state index is -0.237. The molecule has 0 unspecified atom stereocenters. The topological polar surface area (TPSA) is 67.2 Å². The van der Waals surface area contributed by atoms with Crippen LogP contribution in [-0.4, -0.2) is 40.1 Å². The number of aromatic nitrogens is 2. The van der Waals surface area contributed by atoms with Crippen molar-refractivity contribution in [2.24, 2.45) is 0 Å². The van der Waals surface area contributed by atoms with E-state index in [0.29, 0.717) is 5.56 Å². The average molecular weight is 376 g/mol. The highest BCUT2D eigenvalue weighted by Gasteiger charge is 2.20. The van der Waals surface area contributed by atoms with Gasteiger partial charge in [-0.1, -0.05) is 43.3 Å². The Kier molecular flexibility index (Phi) is 5.89. The number of amides is 2. The van der Waals surface area contributed by atoms with E-state index in [0.717, 1.165) is 29.1 Å². The highest BCUT2D eigenvalue weighted by Crippen LogP contribution is 2.17. The van der Waals surface area contributed by atoms with E-state index in [1.54, 1.807) is 17.9 Å². The van der Waals surface area contributed by atoms with Gasteiger partial charge >= 0.3 is 0 Å². The second kappa shape index (κ2) is 8.52. The number of hydrogen-bond donors (Lipinski definition) is 1. The molecule has 0 aliphatic heterocycles. The zero-order valence-corrected chi connectivity index (χ0v) is 16.3. The lowest BCUT2D eigenvalue weighted by molar-refractivity contribution is -0.116. The fraction of sp³-hybridized carbons (Fsp3) is 0.227. The fourth-order valence-corrected chi connectivity index (χ4v) is 3.08. The van der Waals surface area contributed by atoms with E-state index in [1.165, 1.54) is 4.90 Å². The summed E-state index contributed by atoms with van der Waals surface area (Å²) in [5.41, 5.74) is 3.94. The quantitative estimate of drug-likeness (QED) is 0.716. The van der Waals surface area contributed by atoms with Crippen LogP contribution in [0.2, 0.25) is 0 Å². The molecule has 144 valence electrons. The van der Waals surface area contributed by atoms with Crippen LogP contribution in [0.5, 0.6) is 0 Å². The Morgan fingerprint density at radius 1 is 1.07 bits per heavy atom. The summed E-state index contributed by atoms with van der Waals surface area (Å²) in [6.07, 6.45) is 2.37. The van der Waals surface area contributed by atoms with Crippen LogP contribution in [0.3, 0.4) is 0 Å². The number of benzene rings is 2. The Bertz CT molecular complexity index is 979. The van der Waals surface area contributed by atoms with Crippen molar-refractivity contribution in [1.82, 2.24) is 14.7 Å². The lowest BCUT2D eigenvalue weighted by atomic mass is 10.1. The van der Waals surface area contributed by atoms with Gasteiger partial charge in [-0.05, 0) is 37.1 Å². The van der Waals surface area contributed by atoms with E-state index < -0.39 is 0 Å². The lowest BCUT2D eigenvalue weighted by Crippen LogP contribution is -2.35. The molecule has 2 aromatic carbocycles.